The van der Waals surface area contributed by atoms with Gasteiger partial charge in [-0.25, -0.2) is 4.39 Å². The van der Waals surface area contributed by atoms with Crippen molar-refractivity contribution < 1.29 is 13.9 Å². The summed E-state index contributed by atoms with van der Waals surface area (Å²) < 4.78 is 18.9. The fraction of sp³-hybridized carbons (Fsp3) is 0.125. The maximum atomic E-state index is 13.6. The molecule has 0 bridgehead atoms. The molecule has 0 aliphatic carbocycles. The van der Waals surface area contributed by atoms with Gasteiger partial charge in [0.05, 0.1) is 11.3 Å². The molecule has 2 rings (SSSR count). The van der Waals surface area contributed by atoms with Gasteiger partial charge in [0.1, 0.15) is 17.6 Å². The van der Waals surface area contributed by atoms with Crippen LogP contribution in [0.1, 0.15) is 5.56 Å². The zero-order valence-corrected chi connectivity index (χ0v) is 11.4. The molecule has 0 aliphatic rings. The third kappa shape index (κ3) is 3.37. The van der Waals surface area contributed by atoms with E-state index in [2.05, 4.69) is 0 Å². The number of benzene rings is 2. The van der Waals surface area contributed by atoms with E-state index in [0.29, 0.717) is 11.3 Å². The quantitative estimate of drug-likeness (QED) is 0.867. The van der Waals surface area contributed by atoms with Gasteiger partial charge in [0.25, 0.3) is 5.91 Å². The smallest absolute Gasteiger partial charge is 0.264 e. The molecule has 0 aromatic heterocycles. The van der Waals surface area contributed by atoms with E-state index in [1.54, 1.807) is 36.4 Å². The maximum Gasteiger partial charge on any atom is 0.264 e. The molecule has 21 heavy (non-hydrogen) atoms. The molecule has 0 saturated carbocycles. The van der Waals surface area contributed by atoms with Gasteiger partial charge in [-0.05, 0) is 24.3 Å². The predicted octanol–water partition coefficient (Wildman–Crippen LogP) is 2.74. The van der Waals surface area contributed by atoms with Gasteiger partial charge in [-0.1, -0.05) is 24.3 Å². The van der Waals surface area contributed by atoms with E-state index in [1.165, 1.54) is 24.1 Å². The number of amides is 1. The Morgan fingerprint density at radius 3 is 2.62 bits per heavy atom. The number of ether oxygens (including phenoxy) is 1. The summed E-state index contributed by atoms with van der Waals surface area (Å²) in [5, 5.41) is 8.93. The van der Waals surface area contributed by atoms with Crippen molar-refractivity contribution in [1.82, 2.24) is 0 Å². The monoisotopic (exact) mass is 284 g/mol. The number of carbonyl (C=O) groups is 1. The second kappa shape index (κ2) is 6.53. The average Bonchev–Trinajstić information content (AvgIpc) is 2.52. The minimum Gasteiger partial charge on any atom is -0.482 e. The third-order valence-electron chi connectivity index (χ3n) is 2.95. The maximum absolute atomic E-state index is 13.6. The van der Waals surface area contributed by atoms with Crippen molar-refractivity contribution in [3.63, 3.8) is 0 Å². The van der Waals surface area contributed by atoms with E-state index in [4.69, 9.17) is 10.00 Å². The lowest BCUT2D eigenvalue weighted by molar-refractivity contribution is -0.120. The SMILES string of the molecule is CN(C(=O)COc1ccccc1C#N)c1ccccc1F. The Labute approximate surface area is 122 Å². The first-order chi connectivity index (χ1) is 10.1. The largest absolute Gasteiger partial charge is 0.482 e. The van der Waals surface area contributed by atoms with Crippen LogP contribution >= 0.6 is 0 Å². The number of nitrogens with zero attached hydrogens (tertiary/aromatic N) is 2. The van der Waals surface area contributed by atoms with Crippen LogP contribution in [0.15, 0.2) is 48.5 Å². The molecule has 5 heteroatoms. The van der Waals surface area contributed by atoms with Gasteiger partial charge in [-0.15, -0.1) is 0 Å². The topological polar surface area (TPSA) is 53.3 Å². The molecule has 0 spiro atoms. The first-order valence-electron chi connectivity index (χ1n) is 6.26. The molecule has 0 unspecified atom stereocenters. The molecule has 0 N–H and O–H groups in total. The van der Waals surface area contributed by atoms with Crippen molar-refractivity contribution in [3.8, 4) is 11.8 Å². The minimum absolute atomic E-state index is 0.180. The molecule has 1 amide bonds. The summed E-state index contributed by atoms with van der Waals surface area (Å²) in [5.74, 6) is -0.561. The van der Waals surface area contributed by atoms with Crippen LogP contribution in [-0.4, -0.2) is 19.6 Å². The highest BCUT2D eigenvalue weighted by molar-refractivity contribution is 5.94. The van der Waals surface area contributed by atoms with Gasteiger partial charge < -0.3 is 9.64 Å². The number of anilines is 1. The van der Waals surface area contributed by atoms with E-state index in [0.717, 1.165) is 0 Å². The van der Waals surface area contributed by atoms with Gasteiger partial charge in [0.15, 0.2) is 6.61 Å². The normalized spacial score (nSPS) is 9.76. The Balaban J connectivity index is 2.06. The van der Waals surface area contributed by atoms with Gasteiger partial charge in [0, 0.05) is 7.05 Å². The predicted molar refractivity (Wildman–Crippen MR) is 76.5 cm³/mol. The molecule has 0 aliphatic heterocycles. The molecule has 0 fully saturated rings. The second-order valence-electron chi connectivity index (χ2n) is 4.30. The zero-order chi connectivity index (χ0) is 15.2. The van der Waals surface area contributed by atoms with E-state index in [1.807, 2.05) is 6.07 Å². The molecule has 2 aromatic rings. The highest BCUT2D eigenvalue weighted by atomic mass is 19.1. The Morgan fingerprint density at radius 1 is 1.24 bits per heavy atom. The number of rotatable bonds is 4. The van der Waals surface area contributed by atoms with E-state index < -0.39 is 11.7 Å². The first kappa shape index (κ1) is 14.5. The van der Waals surface area contributed by atoms with Crippen LogP contribution in [0.25, 0.3) is 0 Å². The summed E-state index contributed by atoms with van der Waals surface area (Å²) in [6.45, 7) is -0.274. The molecular weight excluding hydrogens is 271 g/mol. The Kier molecular flexibility index (Phi) is 4.52. The molecular formula is C16H13FN2O2. The Hall–Kier alpha value is -2.87. The summed E-state index contributed by atoms with van der Waals surface area (Å²) in [6.07, 6.45) is 0. The van der Waals surface area contributed by atoms with Gasteiger partial charge in [-0.2, -0.15) is 5.26 Å². The average molecular weight is 284 g/mol. The van der Waals surface area contributed by atoms with Gasteiger partial charge in [0.2, 0.25) is 0 Å². The number of para-hydroxylation sites is 2. The lowest BCUT2D eigenvalue weighted by atomic mass is 10.2. The minimum atomic E-state index is -0.481. The van der Waals surface area contributed by atoms with E-state index in [-0.39, 0.29) is 12.3 Å². The number of nitriles is 1. The zero-order valence-electron chi connectivity index (χ0n) is 11.4. The number of hydrogen-bond acceptors (Lipinski definition) is 3. The lowest BCUT2D eigenvalue weighted by Crippen LogP contribution is -2.32. The Bertz CT molecular complexity index is 695. The third-order valence-corrected chi connectivity index (χ3v) is 2.95. The lowest BCUT2D eigenvalue weighted by Gasteiger charge is -2.18. The summed E-state index contributed by atoms with van der Waals surface area (Å²) in [7, 11) is 1.47. The van der Waals surface area contributed by atoms with Crippen LogP contribution in [0.2, 0.25) is 0 Å². The van der Waals surface area contributed by atoms with Crippen LogP contribution < -0.4 is 9.64 Å². The van der Waals surface area contributed by atoms with E-state index >= 15 is 0 Å². The van der Waals surface area contributed by atoms with Crippen LogP contribution in [0.5, 0.6) is 5.75 Å². The number of carbonyl (C=O) groups excluding carboxylic acids is 1. The summed E-state index contributed by atoms with van der Waals surface area (Å²) in [6, 6.07) is 14.6. The molecule has 0 radical (unpaired) electrons. The fourth-order valence-electron chi connectivity index (χ4n) is 1.78. The number of halogens is 1. The van der Waals surface area contributed by atoms with Crippen LogP contribution in [-0.2, 0) is 4.79 Å². The van der Waals surface area contributed by atoms with Crippen molar-refractivity contribution in [2.24, 2.45) is 0 Å². The van der Waals surface area contributed by atoms with Crippen molar-refractivity contribution in [3.05, 3.63) is 59.9 Å². The molecule has 4 nitrogen and oxygen atoms in total. The number of hydrogen-bond donors (Lipinski definition) is 0. The molecule has 106 valence electrons. The van der Waals surface area contributed by atoms with Crippen molar-refractivity contribution >= 4 is 11.6 Å². The summed E-state index contributed by atoms with van der Waals surface area (Å²) in [4.78, 5) is 13.2. The van der Waals surface area contributed by atoms with Gasteiger partial charge >= 0.3 is 0 Å². The summed E-state index contributed by atoms with van der Waals surface area (Å²) in [5.41, 5.74) is 0.526. The Morgan fingerprint density at radius 2 is 1.90 bits per heavy atom. The standard InChI is InChI=1S/C16H13FN2O2/c1-19(14-8-4-3-7-13(14)17)16(20)11-21-15-9-5-2-6-12(15)10-18/h2-9H,11H2,1H3. The molecule has 0 heterocycles. The second-order valence-corrected chi connectivity index (χ2v) is 4.30. The first-order valence-corrected chi connectivity index (χ1v) is 6.26. The van der Waals surface area contributed by atoms with Crippen LogP contribution in [0, 0.1) is 17.1 Å². The molecule has 0 atom stereocenters. The van der Waals surface area contributed by atoms with Crippen molar-refractivity contribution in [1.29, 1.82) is 5.26 Å². The van der Waals surface area contributed by atoms with Crippen LogP contribution in [0.4, 0.5) is 10.1 Å². The van der Waals surface area contributed by atoms with E-state index in [9.17, 15) is 9.18 Å². The molecule has 2 aromatic carbocycles. The molecule has 0 saturated heterocycles. The highest BCUT2D eigenvalue weighted by Gasteiger charge is 2.15. The van der Waals surface area contributed by atoms with Crippen molar-refractivity contribution in [2.75, 3.05) is 18.6 Å². The van der Waals surface area contributed by atoms with Crippen LogP contribution in [0.3, 0.4) is 0 Å². The highest BCUT2D eigenvalue weighted by Crippen LogP contribution is 2.19. The summed E-state index contributed by atoms with van der Waals surface area (Å²) >= 11 is 0. The van der Waals surface area contributed by atoms with Gasteiger partial charge in [-0.3, -0.25) is 4.79 Å². The number of likely N-dealkylation sites (N-methyl/N-ethyl adjacent to an activating group) is 1. The fourth-order valence-corrected chi connectivity index (χ4v) is 1.78. The van der Waals surface area contributed by atoms with Crippen molar-refractivity contribution in [2.45, 2.75) is 0 Å².